The monoisotopic (exact) mass is 473 g/mol. The SMILES string of the molecule is Nc1nnc(SCC(=O)N2N=C3/C(=C\c4cccs4)CCC[C@H]3[C@H]2c2cccs2)s1. The lowest BCUT2D eigenvalue weighted by Gasteiger charge is -2.28. The molecule has 30 heavy (non-hydrogen) atoms. The van der Waals surface area contributed by atoms with Crippen molar-refractivity contribution in [2.24, 2.45) is 11.0 Å². The summed E-state index contributed by atoms with van der Waals surface area (Å²) >= 11 is 6.09. The third-order valence-corrected chi connectivity index (χ3v) is 8.83. The quantitative estimate of drug-likeness (QED) is 0.518. The van der Waals surface area contributed by atoms with E-state index >= 15 is 0 Å². The number of nitrogen functional groups attached to an aromatic ring is 1. The Hall–Kier alpha value is -2.01. The van der Waals surface area contributed by atoms with Crippen LogP contribution in [0, 0.1) is 5.92 Å². The number of amides is 1. The Bertz CT molecular complexity index is 1090. The molecule has 0 saturated heterocycles. The van der Waals surface area contributed by atoms with Gasteiger partial charge in [-0.1, -0.05) is 35.2 Å². The molecular weight excluding hydrogens is 455 g/mol. The third kappa shape index (κ3) is 3.96. The predicted octanol–water partition coefficient (Wildman–Crippen LogP) is 5.16. The number of fused-ring (bicyclic) bond motifs is 1. The Balaban J connectivity index is 1.44. The Labute approximate surface area is 190 Å². The van der Waals surface area contributed by atoms with E-state index in [1.807, 2.05) is 6.07 Å². The Kier molecular flexibility index (Phi) is 5.72. The normalized spacial score (nSPS) is 22.3. The van der Waals surface area contributed by atoms with Crippen LogP contribution >= 0.6 is 45.8 Å². The summed E-state index contributed by atoms with van der Waals surface area (Å²) in [6.07, 6.45) is 5.41. The predicted molar refractivity (Wildman–Crippen MR) is 126 cm³/mol. The second-order valence-electron chi connectivity index (χ2n) is 7.06. The molecule has 10 heteroatoms. The lowest BCUT2D eigenvalue weighted by Crippen LogP contribution is -2.32. The number of rotatable bonds is 5. The number of anilines is 1. The number of hydrazone groups is 1. The first-order valence-electron chi connectivity index (χ1n) is 9.59. The smallest absolute Gasteiger partial charge is 0.253 e. The van der Waals surface area contributed by atoms with Crippen molar-refractivity contribution in [3.63, 3.8) is 0 Å². The molecule has 1 fully saturated rings. The summed E-state index contributed by atoms with van der Waals surface area (Å²) in [6.45, 7) is 0. The summed E-state index contributed by atoms with van der Waals surface area (Å²) in [5, 5.41) is 19.0. The van der Waals surface area contributed by atoms with Crippen molar-refractivity contribution in [3.05, 3.63) is 50.4 Å². The van der Waals surface area contributed by atoms with Crippen LogP contribution in [-0.2, 0) is 4.79 Å². The van der Waals surface area contributed by atoms with Gasteiger partial charge in [0.25, 0.3) is 5.91 Å². The molecule has 3 aromatic heterocycles. The molecule has 3 aromatic rings. The molecule has 0 spiro atoms. The average molecular weight is 474 g/mol. The van der Waals surface area contributed by atoms with E-state index in [9.17, 15) is 4.79 Å². The van der Waals surface area contributed by atoms with Crippen LogP contribution in [0.3, 0.4) is 0 Å². The number of carbonyl (C=O) groups excluding carboxylic acids is 1. The van der Waals surface area contributed by atoms with Gasteiger partial charge in [-0.25, -0.2) is 5.01 Å². The molecule has 4 heterocycles. The van der Waals surface area contributed by atoms with E-state index in [1.54, 1.807) is 27.7 Å². The standard InChI is InChI=1S/C20H19N5OS4/c21-19-22-23-20(30-19)29-11-16(26)25-18(15-7-3-9-28-15)14-6-1-4-12(17(14)24-25)10-13-5-2-8-27-13/h2-3,5,7-10,14,18H,1,4,6,11H2,(H2,21,22)/b12-10-/t14-,18+/m1/s1. The minimum atomic E-state index is -0.0281. The highest BCUT2D eigenvalue weighted by Crippen LogP contribution is 2.46. The van der Waals surface area contributed by atoms with Crippen molar-refractivity contribution in [3.8, 4) is 0 Å². The fourth-order valence-corrected chi connectivity index (χ4v) is 7.00. The van der Waals surface area contributed by atoms with E-state index in [0.29, 0.717) is 9.47 Å². The van der Waals surface area contributed by atoms with Gasteiger partial charge in [0, 0.05) is 15.7 Å². The lowest BCUT2D eigenvalue weighted by molar-refractivity contribution is -0.130. The molecule has 1 aliphatic carbocycles. The van der Waals surface area contributed by atoms with E-state index in [-0.39, 0.29) is 23.6 Å². The van der Waals surface area contributed by atoms with Crippen LogP contribution in [0.15, 0.2) is 50.0 Å². The highest BCUT2D eigenvalue weighted by molar-refractivity contribution is 8.01. The second-order valence-corrected chi connectivity index (χ2v) is 11.3. The molecule has 1 amide bonds. The van der Waals surface area contributed by atoms with Gasteiger partial charge in [-0.2, -0.15) is 5.10 Å². The molecule has 0 radical (unpaired) electrons. The Morgan fingerprint density at radius 3 is 2.87 bits per heavy atom. The number of nitrogens with two attached hydrogens (primary N) is 1. The largest absolute Gasteiger partial charge is 0.374 e. The van der Waals surface area contributed by atoms with Gasteiger partial charge in [-0.3, -0.25) is 4.79 Å². The summed E-state index contributed by atoms with van der Waals surface area (Å²) < 4.78 is 0.705. The van der Waals surface area contributed by atoms with Crippen molar-refractivity contribution in [2.75, 3.05) is 11.5 Å². The van der Waals surface area contributed by atoms with Gasteiger partial charge in [-0.15, -0.1) is 32.9 Å². The van der Waals surface area contributed by atoms with Gasteiger partial charge >= 0.3 is 0 Å². The average Bonchev–Trinajstić information content (AvgIpc) is 3.52. The Morgan fingerprint density at radius 2 is 2.13 bits per heavy atom. The van der Waals surface area contributed by atoms with Gasteiger partial charge in [0.05, 0.1) is 17.5 Å². The molecule has 2 N–H and O–H groups in total. The van der Waals surface area contributed by atoms with Crippen molar-refractivity contribution >= 4 is 68.6 Å². The zero-order valence-electron chi connectivity index (χ0n) is 15.9. The Morgan fingerprint density at radius 1 is 1.27 bits per heavy atom. The first-order valence-corrected chi connectivity index (χ1v) is 13.2. The molecule has 0 aromatic carbocycles. The molecule has 1 saturated carbocycles. The molecule has 6 nitrogen and oxygen atoms in total. The van der Waals surface area contributed by atoms with Crippen molar-refractivity contribution in [1.82, 2.24) is 15.2 Å². The molecule has 0 bridgehead atoms. The molecule has 2 aliphatic rings. The first kappa shape index (κ1) is 19.9. The summed E-state index contributed by atoms with van der Waals surface area (Å²) in [7, 11) is 0. The highest BCUT2D eigenvalue weighted by Gasteiger charge is 2.44. The lowest BCUT2D eigenvalue weighted by atomic mass is 9.79. The maximum atomic E-state index is 13.2. The highest BCUT2D eigenvalue weighted by atomic mass is 32.2. The maximum Gasteiger partial charge on any atom is 0.253 e. The summed E-state index contributed by atoms with van der Waals surface area (Å²) in [6, 6.07) is 8.32. The molecule has 0 unspecified atom stereocenters. The van der Waals surface area contributed by atoms with Crippen LogP contribution in [0.25, 0.3) is 6.08 Å². The molecular formula is C20H19N5OS4. The van der Waals surface area contributed by atoms with Crippen LogP contribution in [-0.4, -0.2) is 32.6 Å². The molecule has 5 rings (SSSR count). The van der Waals surface area contributed by atoms with Crippen LogP contribution < -0.4 is 5.73 Å². The number of aromatic nitrogens is 2. The summed E-state index contributed by atoms with van der Waals surface area (Å²) in [5.41, 5.74) is 7.99. The minimum Gasteiger partial charge on any atom is -0.374 e. The fourth-order valence-electron chi connectivity index (χ4n) is 3.96. The van der Waals surface area contributed by atoms with Crippen LogP contribution in [0.1, 0.15) is 35.1 Å². The number of hydrogen-bond donors (Lipinski definition) is 1. The van der Waals surface area contributed by atoms with Gasteiger partial charge in [0.15, 0.2) is 4.34 Å². The van der Waals surface area contributed by atoms with Crippen molar-refractivity contribution in [1.29, 1.82) is 0 Å². The van der Waals surface area contributed by atoms with Crippen LogP contribution in [0.2, 0.25) is 0 Å². The van der Waals surface area contributed by atoms with Gasteiger partial charge in [0.2, 0.25) is 5.13 Å². The van der Waals surface area contributed by atoms with Gasteiger partial charge in [-0.05, 0) is 53.8 Å². The number of thiophene rings is 2. The van der Waals surface area contributed by atoms with Gasteiger partial charge < -0.3 is 5.73 Å². The van der Waals surface area contributed by atoms with E-state index in [2.05, 4.69) is 45.2 Å². The zero-order valence-corrected chi connectivity index (χ0v) is 19.2. The number of thioether (sulfide) groups is 1. The van der Waals surface area contributed by atoms with Crippen molar-refractivity contribution in [2.45, 2.75) is 29.6 Å². The van der Waals surface area contributed by atoms with E-state index in [1.165, 1.54) is 38.4 Å². The minimum absolute atomic E-state index is 0.00968. The third-order valence-electron chi connectivity index (χ3n) is 5.19. The maximum absolute atomic E-state index is 13.2. The first-order chi connectivity index (χ1) is 14.7. The second kappa shape index (κ2) is 8.62. The van der Waals surface area contributed by atoms with Crippen LogP contribution in [0.5, 0.6) is 0 Å². The van der Waals surface area contributed by atoms with E-state index in [4.69, 9.17) is 10.8 Å². The number of carbonyl (C=O) groups is 1. The van der Waals surface area contributed by atoms with Crippen LogP contribution in [0.4, 0.5) is 5.13 Å². The number of hydrogen-bond acceptors (Lipinski definition) is 9. The van der Waals surface area contributed by atoms with Gasteiger partial charge in [0.1, 0.15) is 0 Å². The summed E-state index contributed by atoms with van der Waals surface area (Å²) in [5.74, 6) is 0.503. The fraction of sp³-hybridized carbons (Fsp3) is 0.300. The topological polar surface area (TPSA) is 84.5 Å². The van der Waals surface area contributed by atoms with Crippen molar-refractivity contribution < 1.29 is 4.79 Å². The molecule has 2 atom stereocenters. The van der Waals surface area contributed by atoms with E-state index in [0.717, 1.165) is 25.0 Å². The zero-order chi connectivity index (χ0) is 20.5. The summed E-state index contributed by atoms with van der Waals surface area (Å²) in [4.78, 5) is 15.6. The molecule has 154 valence electrons. The molecule has 1 aliphatic heterocycles. The van der Waals surface area contributed by atoms with E-state index < -0.39 is 0 Å². The number of allylic oxidation sites excluding steroid dienone is 1. The number of nitrogens with zero attached hydrogens (tertiary/aromatic N) is 4.